The number of ether oxygens (including phenoxy) is 3. The molecule has 1 aliphatic carbocycles. The minimum atomic E-state index is -0.197. The zero-order chi connectivity index (χ0) is 19.1. The molecule has 2 aromatic carbocycles. The number of unbranched alkanes of at least 4 members (excludes halogenated alkanes) is 1. The van der Waals surface area contributed by atoms with Gasteiger partial charge < -0.3 is 19.5 Å². The van der Waals surface area contributed by atoms with Crippen LogP contribution in [0.4, 0.5) is 5.69 Å². The molecular formula is C22H27NO4. The van der Waals surface area contributed by atoms with Crippen LogP contribution in [0.1, 0.15) is 43.0 Å². The molecule has 0 spiro atoms. The van der Waals surface area contributed by atoms with Gasteiger partial charge >= 0.3 is 0 Å². The van der Waals surface area contributed by atoms with Crippen LogP contribution in [0.3, 0.4) is 0 Å². The molecule has 5 heteroatoms. The summed E-state index contributed by atoms with van der Waals surface area (Å²) in [5.74, 6) is 2.60. The van der Waals surface area contributed by atoms with Crippen molar-refractivity contribution in [3.8, 4) is 17.2 Å². The first-order valence-corrected chi connectivity index (χ1v) is 9.54. The molecule has 0 aromatic heterocycles. The summed E-state index contributed by atoms with van der Waals surface area (Å²) in [7, 11) is 1.60. The number of carbonyl (C=O) groups is 1. The van der Waals surface area contributed by atoms with Crippen molar-refractivity contribution in [2.45, 2.75) is 32.6 Å². The highest BCUT2D eigenvalue weighted by Crippen LogP contribution is 2.31. The SMILES string of the molecule is CCCCOc1ccc(OC)cc1NC(=O)c1ccc(OCC2CC2)cc1. The van der Waals surface area contributed by atoms with E-state index >= 15 is 0 Å². The van der Waals surface area contributed by atoms with Crippen LogP contribution in [0.2, 0.25) is 0 Å². The van der Waals surface area contributed by atoms with Gasteiger partial charge in [0.25, 0.3) is 5.91 Å². The summed E-state index contributed by atoms with van der Waals surface area (Å²) in [6, 6.07) is 12.6. The fourth-order valence-corrected chi connectivity index (χ4v) is 2.58. The van der Waals surface area contributed by atoms with E-state index in [-0.39, 0.29) is 5.91 Å². The van der Waals surface area contributed by atoms with Crippen molar-refractivity contribution in [3.05, 3.63) is 48.0 Å². The number of methoxy groups -OCH3 is 1. The summed E-state index contributed by atoms with van der Waals surface area (Å²) in [6.45, 7) is 3.48. The van der Waals surface area contributed by atoms with Crippen LogP contribution in [-0.2, 0) is 0 Å². The van der Waals surface area contributed by atoms with Crippen molar-refractivity contribution in [2.24, 2.45) is 5.92 Å². The number of carbonyl (C=O) groups excluding carboxylic acids is 1. The standard InChI is InChI=1S/C22H27NO4/c1-3-4-13-26-21-12-11-19(25-2)14-20(21)23-22(24)17-7-9-18(10-8-17)27-15-16-5-6-16/h7-12,14,16H,3-6,13,15H2,1-2H3,(H,23,24). The average molecular weight is 369 g/mol. The highest BCUT2D eigenvalue weighted by Gasteiger charge is 2.21. The molecule has 0 heterocycles. The van der Waals surface area contributed by atoms with Gasteiger partial charge in [-0.15, -0.1) is 0 Å². The smallest absolute Gasteiger partial charge is 0.255 e. The Kier molecular flexibility index (Phi) is 6.58. The Morgan fingerprint density at radius 3 is 2.48 bits per heavy atom. The molecule has 0 bridgehead atoms. The van der Waals surface area contributed by atoms with E-state index in [1.54, 1.807) is 25.3 Å². The molecular weight excluding hydrogens is 342 g/mol. The van der Waals surface area contributed by atoms with Crippen LogP contribution < -0.4 is 19.5 Å². The van der Waals surface area contributed by atoms with Gasteiger partial charge in [0.1, 0.15) is 17.2 Å². The predicted molar refractivity (Wildman–Crippen MR) is 106 cm³/mol. The van der Waals surface area contributed by atoms with Crippen molar-refractivity contribution in [3.63, 3.8) is 0 Å². The number of benzene rings is 2. The van der Waals surface area contributed by atoms with E-state index in [1.165, 1.54) is 12.8 Å². The molecule has 5 nitrogen and oxygen atoms in total. The van der Waals surface area contributed by atoms with Gasteiger partial charge in [-0.3, -0.25) is 4.79 Å². The van der Waals surface area contributed by atoms with E-state index in [2.05, 4.69) is 12.2 Å². The van der Waals surface area contributed by atoms with Crippen molar-refractivity contribution in [2.75, 3.05) is 25.6 Å². The Balaban J connectivity index is 1.66. The van der Waals surface area contributed by atoms with Crippen molar-refractivity contribution >= 4 is 11.6 Å². The molecule has 0 unspecified atom stereocenters. The third-order valence-electron chi connectivity index (χ3n) is 4.49. The third kappa shape index (κ3) is 5.64. The fourth-order valence-electron chi connectivity index (χ4n) is 2.58. The monoisotopic (exact) mass is 369 g/mol. The maximum absolute atomic E-state index is 12.6. The van der Waals surface area contributed by atoms with E-state index in [0.717, 1.165) is 25.2 Å². The van der Waals surface area contributed by atoms with Gasteiger partial charge in [0.2, 0.25) is 0 Å². The Labute approximate surface area is 160 Å². The highest BCUT2D eigenvalue weighted by molar-refractivity contribution is 6.05. The van der Waals surface area contributed by atoms with Crippen LogP contribution in [0, 0.1) is 5.92 Å². The van der Waals surface area contributed by atoms with Crippen LogP contribution >= 0.6 is 0 Å². The lowest BCUT2D eigenvalue weighted by Crippen LogP contribution is -2.13. The van der Waals surface area contributed by atoms with E-state index in [0.29, 0.717) is 35.3 Å². The van der Waals surface area contributed by atoms with Crippen molar-refractivity contribution < 1.29 is 19.0 Å². The minimum Gasteiger partial charge on any atom is -0.497 e. The second-order valence-corrected chi connectivity index (χ2v) is 6.80. The highest BCUT2D eigenvalue weighted by atomic mass is 16.5. The lowest BCUT2D eigenvalue weighted by atomic mass is 10.2. The van der Waals surface area contributed by atoms with E-state index in [1.807, 2.05) is 24.3 Å². The zero-order valence-corrected chi connectivity index (χ0v) is 16.0. The number of hydrogen-bond acceptors (Lipinski definition) is 4. The first kappa shape index (κ1) is 19.1. The number of rotatable bonds is 10. The number of anilines is 1. The zero-order valence-electron chi connectivity index (χ0n) is 16.0. The molecule has 1 amide bonds. The molecule has 0 radical (unpaired) electrons. The van der Waals surface area contributed by atoms with E-state index in [4.69, 9.17) is 14.2 Å². The molecule has 1 N–H and O–H groups in total. The lowest BCUT2D eigenvalue weighted by molar-refractivity contribution is 0.102. The number of nitrogens with one attached hydrogen (secondary N) is 1. The van der Waals surface area contributed by atoms with Crippen LogP contribution in [0.5, 0.6) is 17.2 Å². The summed E-state index contributed by atoms with van der Waals surface area (Å²) in [4.78, 5) is 12.6. The average Bonchev–Trinajstić information content (AvgIpc) is 3.52. The molecule has 144 valence electrons. The third-order valence-corrected chi connectivity index (χ3v) is 4.49. The summed E-state index contributed by atoms with van der Waals surface area (Å²) < 4.78 is 16.8. The summed E-state index contributed by atoms with van der Waals surface area (Å²) in [5, 5.41) is 2.92. The van der Waals surface area contributed by atoms with Crippen LogP contribution in [0.25, 0.3) is 0 Å². The molecule has 1 fully saturated rings. The second kappa shape index (κ2) is 9.31. The molecule has 0 aliphatic heterocycles. The maximum atomic E-state index is 12.6. The summed E-state index contributed by atoms with van der Waals surface area (Å²) in [5.41, 5.74) is 1.17. The second-order valence-electron chi connectivity index (χ2n) is 6.80. The molecule has 1 saturated carbocycles. The summed E-state index contributed by atoms with van der Waals surface area (Å²) >= 11 is 0. The van der Waals surface area contributed by atoms with E-state index < -0.39 is 0 Å². The van der Waals surface area contributed by atoms with Gasteiger partial charge in [0.05, 0.1) is 26.0 Å². The van der Waals surface area contributed by atoms with Gasteiger partial charge in [0.15, 0.2) is 0 Å². The van der Waals surface area contributed by atoms with Gasteiger partial charge in [0, 0.05) is 11.6 Å². The molecule has 3 rings (SSSR count). The Morgan fingerprint density at radius 1 is 1.07 bits per heavy atom. The molecule has 2 aromatic rings. The Morgan fingerprint density at radius 2 is 1.81 bits per heavy atom. The van der Waals surface area contributed by atoms with E-state index in [9.17, 15) is 4.79 Å². The predicted octanol–water partition coefficient (Wildman–Crippen LogP) is 4.92. The van der Waals surface area contributed by atoms with Gasteiger partial charge in [-0.05, 0) is 61.6 Å². The molecule has 0 atom stereocenters. The topological polar surface area (TPSA) is 56.8 Å². The van der Waals surface area contributed by atoms with Crippen LogP contribution in [-0.4, -0.2) is 26.2 Å². The van der Waals surface area contributed by atoms with Gasteiger partial charge in [-0.2, -0.15) is 0 Å². The first-order valence-electron chi connectivity index (χ1n) is 9.54. The normalized spacial score (nSPS) is 13.1. The van der Waals surface area contributed by atoms with Crippen molar-refractivity contribution in [1.82, 2.24) is 0 Å². The molecule has 0 saturated heterocycles. The number of amides is 1. The molecule has 27 heavy (non-hydrogen) atoms. The largest absolute Gasteiger partial charge is 0.497 e. The molecule has 1 aliphatic rings. The first-order chi connectivity index (χ1) is 13.2. The lowest BCUT2D eigenvalue weighted by Gasteiger charge is -2.14. The Bertz CT molecular complexity index is 753. The summed E-state index contributed by atoms with van der Waals surface area (Å²) in [6.07, 6.45) is 4.52. The fraction of sp³-hybridized carbons (Fsp3) is 0.409. The minimum absolute atomic E-state index is 0.197. The Hall–Kier alpha value is -2.69. The quantitative estimate of drug-likeness (QED) is 0.604. The number of hydrogen-bond donors (Lipinski definition) is 1. The maximum Gasteiger partial charge on any atom is 0.255 e. The van der Waals surface area contributed by atoms with Gasteiger partial charge in [-0.25, -0.2) is 0 Å². The van der Waals surface area contributed by atoms with Crippen LogP contribution in [0.15, 0.2) is 42.5 Å². The van der Waals surface area contributed by atoms with Gasteiger partial charge in [-0.1, -0.05) is 13.3 Å². The van der Waals surface area contributed by atoms with Crippen molar-refractivity contribution in [1.29, 1.82) is 0 Å².